The van der Waals surface area contributed by atoms with E-state index in [1.54, 1.807) is 0 Å². The number of carboxylic acids is 1. The van der Waals surface area contributed by atoms with Gasteiger partial charge in [0.2, 0.25) is 0 Å². The molecule has 0 fully saturated rings. The molecule has 2 rings (SSSR count). The summed E-state index contributed by atoms with van der Waals surface area (Å²) >= 11 is 0. The number of ether oxygens (including phenoxy) is 2. The molecule has 1 heterocycles. The highest BCUT2D eigenvalue weighted by Crippen LogP contribution is 2.34. The van der Waals surface area contributed by atoms with Crippen LogP contribution >= 0.6 is 0 Å². The summed E-state index contributed by atoms with van der Waals surface area (Å²) in [6.45, 7) is 0. The van der Waals surface area contributed by atoms with Crippen LogP contribution in [0.25, 0.3) is 0 Å². The van der Waals surface area contributed by atoms with E-state index in [0.29, 0.717) is 0 Å². The summed E-state index contributed by atoms with van der Waals surface area (Å²) in [6, 6.07) is 6.51. The molecule has 0 saturated carbocycles. The fourth-order valence-corrected chi connectivity index (χ4v) is 1.58. The van der Waals surface area contributed by atoms with Gasteiger partial charge in [0.15, 0.2) is 17.2 Å². The molecule has 0 aliphatic rings. The van der Waals surface area contributed by atoms with Gasteiger partial charge in [0.05, 0.1) is 18.1 Å². The van der Waals surface area contributed by atoms with Crippen molar-refractivity contribution in [3.8, 4) is 17.2 Å². The maximum Gasteiger partial charge on any atom is 0.354 e. The molecular formula is C13H10N2O6. The van der Waals surface area contributed by atoms with Crippen molar-refractivity contribution in [2.45, 2.75) is 0 Å². The van der Waals surface area contributed by atoms with Crippen LogP contribution in [-0.4, -0.2) is 28.1 Å². The average Bonchev–Trinajstić information content (AvgIpc) is 2.47. The molecule has 1 aromatic carbocycles. The Kier molecular flexibility index (Phi) is 3.98. The van der Waals surface area contributed by atoms with Crippen LogP contribution in [0.1, 0.15) is 10.5 Å². The van der Waals surface area contributed by atoms with Crippen LogP contribution in [0.3, 0.4) is 0 Å². The largest absolute Gasteiger partial charge is 0.493 e. The molecule has 21 heavy (non-hydrogen) atoms. The van der Waals surface area contributed by atoms with E-state index in [1.807, 2.05) is 0 Å². The molecule has 8 nitrogen and oxygen atoms in total. The van der Waals surface area contributed by atoms with Crippen molar-refractivity contribution in [2.75, 3.05) is 7.11 Å². The molecule has 0 saturated heterocycles. The summed E-state index contributed by atoms with van der Waals surface area (Å²) in [5.41, 5.74) is -0.366. The van der Waals surface area contributed by atoms with Gasteiger partial charge in [-0.25, -0.2) is 9.78 Å². The SMILES string of the molecule is COc1ccc([N+](=O)[O-])cc1Oc1ccnc(C(=O)O)c1. The first-order valence-electron chi connectivity index (χ1n) is 5.71. The number of nitro groups is 1. The number of carbonyl (C=O) groups is 1. The molecule has 0 aliphatic heterocycles. The number of pyridine rings is 1. The van der Waals surface area contributed by atoms with E-state index in [4.69, 9.17) is 14.6 Å². The third-order valence-electron chi connectivity index (χ3n) is 2.54. The quantitative estimate of drug-likeness (QED) is 0.664. The summed E-state index contributed by atoms with van der Waals surface area (Å²) in [4.78, 5) is 24.7. The number of nitrogens with zero attached hydrogens (tertiary/aromatic N) is 2. The fourth-order valence-electron chi connectivity index (χ4n) is 1.58. The molecule has 0 unspecified atom stereocenters. The lowest BCUT2D eigenvalue weighted by molar-refractivity contribution is -0.384. The highest BCUT2D eigenvalue weighted by Gasteiger charge is 2.14. The van der Waals surface area contributed by atoms with Gasteiger partial charge < -0.3 is 14.6 Å². The second-order valence-electron chi connectivity index (χ2n) is 3.88. The molecule has 0 atom stereocenters. The van der Waals surface area contributed by atoms with Crippen LogP contribution in [0.5, 0.6) is 17.2 Å². The lowest BCUT2D eigenvalue weighted by Crippen LogP contribution is -2.00. The van der Waals surface area contributed by atoms with E-state index in [1.165, 1.54) is 43.6 Å². The van der Waals surface area contributed by atoms with Crippen LogP contribution < -0.4 is 9.47 Å². The maximum atomic E-state index is 10.8. The van der Waals surface area contributed by atoms with Gasteiger partial charge in [0, 0.05) is 18.3 Å². The van der Waals surface area contributed by atoms with Crippen molar-refractivity contribution >= 4 is 11.7 Å². The first-order chi connectivity index (χ1) is 10.0. The third kappa shape index (κ3) is 3.24. The standard InChI is InChI=1S/C13H10N2O6/c1-20-11-3-2-8(15(18)19)6-12(11)21-9-4-5-14-10(7-9)13(16)17/h2-7H,1H3,(H,16,17). The number of benzene rings is 1. The van der Waals surface area contributed by atoms with Gasteiger partial charge in [-0.15, -0.1) is 0 Å². The molecule has 108 valence electrons. The number of hydrogen-bond donors (Lipinski definition) is 1. The molecule has 0 spiro atoms. The highest BCUT2D eigenvalue weighted by molar-refractivity contribution is 5.85. The van der Waals surface area contributed by atoms with E-state index < -0.39 is 10.9 Å². The second kappa shape index (κ2) is 5.87. The average molecular weight is 290 g/mol. The van der Waals surface area contributed by atoms with Crippen LogP contribution in [-0.2, 0) is 0 Å². The molecule has 0 aliphatic carbocycles. The number of nitro benzene ring substituents is 1. The zero-order chi connectivity index (χ0) is 15.4. The fraction of sp³-hybridized carbons (Fsp3) is 0.0769. The number of hydrogen-bond acceptors (Lipinski definition) is 6. The molecule has 0 radical (unpaired) electrons. The monoisotopic (exact) mass is 290 g/mol. The predicted octanol–water partition coefficient (Wildman–Crippen LogP) is 2.49. The van der Waals surface area contributed by atoms with Crippen molar-refractivity contribution in [2.24, 2.45) is 0 Å². The number of methoxy groups -OCH3 is 1. The van der Waals surface area contributed by atoms with Crippen molar-refractivity contribution in [3.05, 3.63) is 52.3 Å². The number of aromatic carboxylic acids is 1. The zero-order valence-corrected chi connectivity index (χ0v) is 10.8. The van der Waals surface area contributed by atoms with E-state index >= 15 is 0 Å². The van der Waals surface area contributed by atoms with Gasteiger partial charge in [-0.05, 0) is 12.1 Å². The number of carboxylic acid groups (broad SMARTS) is 1. The van der Waals surface area contributed by atoms with Gasteiger partial charge in [0.1, 0.15) is 5.75 Å². The summed E-state index contributed by atoms with van der Waals surface area (Å²) in [6.07, 6.45) is 1.27. The normalized spacial score (nSPS) is 9.95. The molecule has 1 aromatic heterocycles. The molecule has 0 amide bonds. The third-order valence-corrected chi connectivity index (χ3v) is 2.54. The highest BCUT2D eigenvalue weighted by atomic mass is 16.6. The number of rotatable bonds is 5. The van der Waals surface area contributed by atoms with E-state index in [0.717, 1.165) is 0 Å². The topological polar surface area (TPSA) is 112 Å². The van der Waals surface area contributed by atoms with Gasteiger partial charge in [0.25, 0.3) is 5.69 Å². The van der Waals surface area contributed by atoms with E-state index in [-0.39, 0.29) is 28.6 Å². The molecule has 2 aromatic rings. The van der Waals surface area contributed by atoms with Gasteiger partial charge in [-0.1, -0.05) is 0 Å². The Morgan fingerprint density at radius 2 is 2.05 bits per heavy atom. The van der Waals surface area contributed by atoms with Crippen LogP contribution in [0, 0.1) is 10.1 Å². The van der Waals surface area contributed by atoms with Crippen LogP contribution in [0.2, 0.25) is 0 Å². The predicted molar refractivity (Wildman–Crippen MR) is 70.9 cm³/mol. The van der Waals surface area contributed by atoms with E-state index in [9.17, 15) is 14.9 Å². The Hall–Kier alpha value is -3.16. The number of non-ortho nitro benzene ring substituents is 1. The van der Waals surface area contributed by atoms with Crippen LogP contribution in [0.4, 0.5) is 5.69 Å². The first-order valence-corrected chi connectivity index (χ1v) is 5.71. The van der Waals surface area contributed by atoms with Gasteiger partial charge in [-0.3, -0.25) is 10.1 Å². The minimum Gasteiger partial charge on any atom is -0.493 e. The molecular weight excluding hydrogens is 280 g/mol. The summed E-state index contributed by atoms with van der Waals surface area (Å²) in [5.74, 6) is -0.629. The minimum absolute atomic E-state index is 0.106. The Labute approximate surface area is 118 Å². The summed E-state index contributed by atoms with van der Waals surface area (Å²) in [5, 5.41) is 19.6. The van der Waals surface area contributed by atoms with Crippen LogP contribution in [0.15, 0.2) is 36.5 Å². The van der Waals surface area contributed by atoms with Gasteiger partial charge >= 0.3 is 5.97 Å². The lowest BCUT2D eigenvalue weighted by Gasteiger charge is -2.10. The molecule has 0 bridgehead atoms. The maximum absolute atomic E-state index is 10.8. The zero-order valence-electron chi connectivity index (χ0n) is 10.8. The summed E-state index contributed by atoms with van der Waals surface area (Å²) in [7, 11) is 1.39. The molecule has 8 heteroatoms. The first kappa shape index (κ1) is 14.3. The smallest absolute Gasteiger partial charge is 0.354 e. The van der Waals surface area contributed by atoms with Crippen molar-refractivity contribution in [1.29, 1.82) is 0 Å². The van der Waals surface area contributed by atoms with Crippen molar-refractivity contribution in [3.63, 3.8) is 0 Å². The van der Waals surface area contributed by atoms with E-state index in [2.05, 4.69) is 4.98 Å². The Morgan fingerprint density at radius 1 is 1.29 bits per heavy atom. The number of aromatic nitrogens is 1. The van der Waals surface area contributed by atoms with Crippen molar-refractivity contribution < 1.29 is 24.3 Å². The van der Waals surface area contributed by atoms with Gasteiger partial charge in [-0.2, -0.15) is 0 Å². The summed E-state index contributed by atoms with van der Waals surface area (Å²) < 4.78 is 10.5. The molecule has 1 N–H and O–H groups in total. The second-order valence-corrected chi connectivity index (χ2v) is 3.88. The van der Waals surface area contributed by atoms with Crippen molar-refractivity contribution in [1.82, 2.24) is 4.98 Å². The Bertz CT molecular complexity index is 701. The Morgan fingerprint density at radius 3 is 2.67 bits per heavy atom. The lowest BCUT2D eigenvalue weighted by atomic mass is 10.2. The minimum atomic E-state index is -1.20. The Balaban J connectivity index is 2.37.